The molecule has 0 unspecified atom stereocenters. The van der Waals surface area contributed by atoms with Crippen molar-refractivity contribution in [3.05, 3.63) is 48.0 Å². The lowest BCUT2D eigenvalue weighted by Gasteiger charge is -1.98. The molecule has 0 spiro atoms. The van der Waals surface area contributed by atoms with Crippen molar-refractivity contribution in [3.63, 3.8) is 0 Å². The first-order chi connectivity index (χ1) is 7.40. The van der Waals surface area contributed by atoms with Crippen LogP contribution in [0, 0.1) is 12.3 Å². The quantitative estimate of drug-likeness (QED) is 0.513. The van der Waals surface area contributed by atoms with Crippen molar-refractivity contribution in [3.8, 4) is 12.3 Å². The van der Waals surface area contributed by atoms with Crippen molar-refractivity contribution in [1.82, 2.24) is 0 Å². The number of aliphatic imine (C=N–C) groups is 1. The van der Waals surface area contributed by atoms with Crippen molar-refractivity contribution in [2.24, 2.45) is 4.99 Å². The maximum absolute atomic E-state index is 5.12. The molecule has 0 heterocycles. The maximum Gasteiger partial charge on any atom is 0.0995 e. The van der Waals surface area contributed by atoms with Gasteiger partial charge < -0.3 is 0 Å². The van der Waals surface area contributed by atoms with E-state index in [0.29, 0.717) is 6.54 Å². The van der Waals surface area contributed by atoms with Gasteiger partial charge in [0.25, 0.3) is 0 Å². The highest BCUT2D eigenvalue weighted by Gasteiger charge is 1.92. The van der Waals surface area contributed by atoms with E-state index < -0.39 is 0 Å². The van der Waals surface area contributed by atoms with E-state index in [0.717, 1.165) is 5.56 Å². The van der Waals surface area contributed by atoms with E-state index >= 15 is 0 Å². The van der Waals surface area contributed by atoms with E-state index in [1.807, 2.05) is 24.4 Å². The molecule has 2 aromatic rings. The molecule has 0 aliphatic heterocycles. The SMILES string of the molecule is C#CCN=Cc1ccc2ccccc2c1. The number of hydrogen-bond acceptors (Lipinski definition) is 1. The molecule has 1 nitrogen and oxygen atoms in total. The van der Waals surface area contributed by atoms with Crippen LogP contribution in [0.15, 0.2) is 47.5 Å². The van der Waals surface area contributed by atoms with Gasteiger partial charge in [-0.3, -0.25) is 4.99 Å². The molecule has 2 aromatic carbocycles. The Morgan fingerprint density at radius 2 is 1.93 bits per heavy atom. The zero-order valence-corrected chi connectivity index (χ0v) is 8.35. The Bertz CT molecular complexity index is 532. The molecule has 2 rings (SSSR count). The molecular weight excluding hydrogens is 182 g/mol. The summed E-state index contributed by atoms with van der Waals surface area (Å²) in [5.74, 6) is 2.48. The molecule has 0 bridgehead atoms. The van der Waals surface area contributed by atoms with E-state index in [1.165, 1.54) is 10.8 Å². The summed E-state index contributed by atoms with van der Waals surface area (Å²) in [7, 11) is 0. The largest absolute Gasteiger partial charge is 0.280 e. The molecule has 0 aliphatic rings. The van der Waals surface area contributed by atoms with Crippen molar-refractivity contribution < 1.29 is 0 Å². The van der Waals surface area contributed by atoms with Gasteiger partial charge in [0.2, 0.25) is 0 Å². The number of hydrogen-bond donors (Lipinski definition) is 0. The maximum atomic E-state index is 5.12. The fraction of sp³-hybridized carbons (Fsp3) is 0.0714. The fourth-order valence-electron chi connectivity index (χ4n) is 1.49. The Morgan fingerprint density at radius 3 is 2.73 bits per heavy atom. The number of nitrogens with zero attached hydrogens (tertiary/aromatic N) is 1. The summed E-state index contributed by atoms with van der Waals surface area (Å²) in [4.78, 5) is 4.11. The standard InChI is InChI=1S/C14H11N/c1-2-9-15-11-12-7-8-13-5-3-4-6-14(13)10-12/h1,3-8,10-11H,9H2. The van der Waals surface area contributed by atoms with Gasteiger partial charge in [-0.25, -0.2) is 0 Å². The second kappa shape index (κ2) is 4.43. The molecule has 0 saturated carbocycles. The van der Waals surface area contributed by atoms with Gasteiger partial charge in [-0.1, -0.05) is 42.3 Å². The van der Waals surface area contributed by atoms with Gasteiger partial charge in [0, 0.05) is 6.21 Å². The third-order valence-corrected chi connectivity index (χ3v) is 2.20. The zero-order valence-electron chi connectivity index (χ0n) is 8.35. The highest BCUT2D eigenvalue weighted by atomic mass is 14.7. The van der Waals surface area contributed by atoms with Crippen LogP contribution in [0.25, 0.3) is 10.8 Å². The minimum Gasteiger partial charge on any atom is -0.280 e. The van der Waals surface area contributed by atoms with Crippen LogP contribution < -0.4 is 0 Å². The fourth-order valence-corrected chi connectivity index (χ4v) is 1.49. The van der Waals surface area contributed by atoms with Crippen LogP contribution in [-0.2, 0) is 0 Å². The second-order valence-corrected chi connectivity index (χ2v) is 3.28. The summed E-state index contributed by atoms with van der Waals surface area (Å²) in [6, 6.07) is 14.5. The Morgan fingerprint density at radius 1 is 1.13 bits per heavy atom. The predicted octanol–water partition coefficient (Wildman–Crippen LogP) is 2.89. The molecular formula is C14H11N. The van der Waals surface area contributed by atoms with Crippen LogP contribution in [0.1, 0.15) is 5.56 Å². The normalized spacial score (nSPS) is 10.6. The second-order valence-electron chi connectivity index (χ2n) is 3.28. The molecule has 0 atom stereocenters. The minimum atomic E-state index is 0.437. The summed E-state index contributed by atoms with van der Waals surface area (Å²) in [5, 5.41) is 2.47. The van der Waals surface area contributed by atoms with Crippen LogP contribution in [0.2, 0.25) is 0 Å². The highest BCUT2D eigenvalue weighted by Crippen LogP contribution is 2.14. The average Bonchev–Trinajstić information content (AvgIpc) is 2.29. The van der Waals surface area contributed by atoms with Crippen molar-refractivity contribution >= 4 is 17.0 Å². The van der Waals surface area contributed by atoms with Gasteiger partial charge in [-0.2, -0.15) is 0 Å². The molecule has 0 saturated heterocycles. The van der Waals surface area contributed by atoms with Gasteiger partial charge in [0.15, 0.2) is 0 Å². The van der Waals surface area contributed by atoms with Gasteiger partial charge in [-0.15, -0.1) is 6.42 Å². The van der Waals surface area contributed by atoms with E-state index in [1.54, 1.807) is 0 Å². The first-order valence-corrected chi connectivity index (χ1v) is 4.82. The molecule has 0 radical (unpaired) electrons. The van der Waals surface area contributed by atoms with E-state index in [2.05, 4.69) is 35.2 Å². The third-order valence-electron chi connectivity index (χ3n) is 2.20. The molecule has 0 aromatic heterocycles. The van der Waals surface area contributed by atoms with Gasteiger partial charge in [0.1, 0.15) is 0 Å². The lowest BCUT2D eigenvalue weighted by Crippen LogP contribution is -1.82. The Hall–Kier alpha value is -2.07. The van der Waals surface area contributed by atoms with Crippen molar-refractivity contribution in [2.45, 2.75) is 0 Å². The first-order valence-electron chi connectivity index (χ1n) is 4.82. The molecule has 1 heteroatoms. The van der Waals surface area contributed by atoms with Crippen LogP contribution in [-0.4, -0.2) is 12.8 Å². The number of fused-ring (bicyclic) bond motifs is 1. The minimum absolute atomic E-state index is 0.437. The van der Waals surface area contributed by atoms with E-state index in [4.69, 9.17) is 6.42 Å². The third kappa shape index (κ3) is 2.24. The van der Waals surface area contributed by atoms with Gasteiger partial charge in [0.05, 0.1) is 6.54 Å². The van der Waals surface area contributed by atoms with E-state index in [9.17, 15) is 0 Å². The Labute approximate surface area is 89.5 Å². The molecule has 0 aliphatic carbocycles. The molecule has 72 valence electrons. The first kappa shape index (κ1) is 9.48. The smallest absolute Gasteiger partial charge is 0.0995 e. The highest BCUT2D eigenvalue weighted by molar-refractivity contribution is 5.90. The predicted molar refractivity (Wildman–Crippen MR) is 65.2 cm³/mol. The summed E-state index contributed by atoms with van der Waals surface area (Å²) in [5.41, 5.74) is 1.09. The Kier molecular flexibility index (Phi) is 2.80. The molecule has 0 N–H and O–H groups in total. The lowest BCUT2D eigenvalue weighted by molar-refractivity contribution is 1.30. The van der Waals surface area contributed by atoms with Crippen molar-refractivity contribution in [1.29, 1.82) is 0 Å². The monoisotopic (exact) mass is 193 g/mol. The zero-order chi connectivity index (χ0) is 10.5. The van der Waals surface area contributed by atoms with Crippen molar-refractivity contribution in [2.75, 3.05) is 6.54 Å². The summed E-state index contributed by atoms with van der Waals surface area (Å²) < 4.78 is 0. The average molecular weight is 193 g/mol. The van der Waals surface area contributed by atoms with Gasteiger partial charge >= 0.3 is 0 Å². The Balaban J connectivity index is 2.35. The topological polar surface area (TPSA) is 12.4 Å². The number of rotatable bonds is 2. The summed E-state index contributed by atoms with van der Waals surface area (Å²) >= 11 is 0. The summed E-state index contributed by atoms with van der Waals surface area (Å²) in [6.07, 6.45) is 6.93. The van der Waals surface area contributed by atoms with Crippen LogP contribution in [0.3, 0.4) is 0 Å². The molecule has 0 amide bonds. The molecule has 15 heavy (non-hydrogen) atoms. The summed E-state index contributed by atoms with van der Waals surface area (Å²) in [6.45, 7) is 0.437. The number of benzene rings is 2. The van der Waals surface area contributed by atoms with Crippen LogP contribution >= 0.6 is 0 Å². The van der Waals surface area contributed by atoms with Gasteiger partial charge in [-0.05, 0) is 22.4 Å². The van der Waals surface area contributed by atoms with E-state index in [-0.39, 0.29) is 0 Å². The van der Waals surface area contributed by atoms with Crippen LogP contribution in [0.4, 0.5) is 0 Å². The lowest BCUT2D eigenvalue weighted by atomic mass is 10.1. The van der Waals surface area contributed by atoms with Crippen LogP contribution in [0.5, 0.6) is 0 Å². The number of terminal acetylenes is 1. The molecule has 0 fully saturated rings.